The van der Waals surface area contributed by atoms with Gasteiger partial charge in [-0.3, -0.25) is 4.79 Å². The van der Waals surface area contributed by atoms with Crippen molar-refractivity contribution in [2.24, 2.45) is 0 Å². The minimum atomic E-state index is -3.68. The highest BCUT2D eigenvalue weighted by atomic mass is 32.2. The molecule has 0 aliphatic heterocycles. The van der Waals surface area contributed by atoms with E-state index in [1.165, 1.54) is 25.3 Å². The second-order valence-electron chi connectivity index (χ2n) is 5.65. The highest BCUT2D eigenvalue weighted by molar-refractivity contribution is 7.89. The highest BCUT2D eigenvalue weighted by Gasteiger charge is 2.20. The van der Waals surface area contributed by atoms with Gasteiger partial charge in [-0.15, -0.1) is 0 Å². The van der Waals surface area contributed by atoms with E-state index in [1.54, 1.807) is 6.92 Å². The molecule has 6 nitrogen and oxygen atoms in total. The molecule has 1 aromatic carbocycles. The monoisotopic (exact) mass is 352 g/mol. The van der Waals surface area contributed by atoms with Gasteiger partial charge >= 0.3 is 0 Å². The quantitative estimate of drug-likeness (QED) is 0.737. The van der Waals surface area contributed by atoms with E-state index in [0.29, 0.717) is 18.8 Å². The molecule has 0 unspecified atom stereocenters. The van der Waals surface area contributed by atoms with Crippen LogP contribution in [0.4, 0.5) is 0 Å². The fourth-order valence-corrected chi connectivity index (χ4v) is 3.69. The number of carbonyl (C=O) groups is 1. The molecule has 1 amide bonds. The Labute approximate surface area is 143 Å². The molecule has 0 spiro atoms. The van der Waals surface area contributed by atoms with Gasteiger partial charge in [-0.05, 0) is 50.8 Å². The van der Waals surface area contributed by atoms with E-state index in [2.05, 4.69) is 16.1 Å². The molecular weight excluding hydrogens is 328 g/mol. The van der Waals surface area contributed by atoms with Gasteiger partial charge in [-0.2, -0.15) is 0 Å². The molecule has 2 rings (SSSR count). The van der Waals surface area contributed by atoms with Crippen LogP contribution < -0.4 is 14.8 Å². The summed E-state index contributed by atoms with van der Waals surface area (Å²) in [7, 11) is -2.24. The van der Waals surface area contributed by atoms with Gasteiger partial charge in [0, 0.05) is 13.1 Å². The van der Waals surface area contributed by atoms with Crippen LogP contribution in [-0.2, 0) is 10.0 Å². The summed E-state index contributed by atoms with van der Waals surface area (Å²) in [5, 5.41) is 2.66. The largest absolute Gasteiger partial charge is 0.496 e. The molecule has 1 aliphatic carbocycles. The first-order chi connectivity index (χ1) is 11.5. The number of carbonyl (C=O) groups excluding carboxylic acids is 1. The Bertz CT molecular complexity index is 726. The van der Waals surface area contributed by atoms with Crippen LogP contribution in [-0.4, -0.2) is 34.5 Å². The first kappa shape index (κ1) is 18.5. The number of hydrogen-bond donors (Lipinski definition) is 2. The van der Waals surface area contributed by atoms with Crippen molar-refractivity contribution >= 4 is 15.9 Å². The van der Waals surface area contributed by atoms with Crippen molar-refractivity contribution < 1.29 is 17.9 Å². The standard InChI is InChI=1S/C17H24N2O4S/c1-3-18-17(20)15-11-14(9-10-16(15)23-2)24(21,22)19-12-13-7-5-4-6-8-13/h7,9-11,19H,3-6,8,12H2,1-2H3,(H,18,20). The normalized spacial score (nSPS) is 14.8. The molecule has 2 N–H and O–H groups in total. The van der Waals surface area contributed by atoms with Crippen molar-refractivity contribution in [3.63, 3.8) is 0 Å². The summed E-state index contributed by atoms with van der Waals surface area (Å²) in [6, 6.07) is 4.29. The molecule has 0 aromatic heterocycles. The molecular formula is C17H24N2O4S. The zero-order valence-corrected chi connectivity index (χ0v) is 14.9. The Balaban J connectivity index is 2.21. The van der Waals surface area contributed by atoms with Crippen molar-refractivity contribution in [2.75, 3.05) is 20.2 Å². The summed E-state index contributed by atoms with van der Waals surface area (Å²) in [6.45, 7) is 2.56. The molecule has 0 radical (unpaired) electrons. The molecule has 0 fully saturated rings. The Kier molecular flexibility index (Phi) is 6.39. The number of nitrogens with one attached hydrogen (secondary N) is 2. The number of methoxy groups -OCH3 is 1. The molecule has 0 atom stereocenters. The number of hydrogen-bond acceptors (Lipinski definition) is 4. The lowest BCUT2D eigenvalue weighted by molar-refractivity contribution is 0.0952. The third-order valence-corrected chi connectivity index (χ3v) is 5.34. The Morgan fingerprint density at radius 3 is 2.71 bits per heavy atom. The minimum Gasteiger partial charge on any atom is -0.496 e. The Morgan fingerprint density at radius 1 is 1.29 bits per heavy atom. The molecule has 0 heterocycles. The number of benzene rings is 1. The number of allylic oxidation sites excluding steroid dienone is 1. The maximum atomic E-state index is 12.5. The third kappa shape index (κ3) is 4.58. The molecule has 0 bridgehead atoms. The summed E-state index contributed by atoms with van der Waals surface area (Å²) in [5.74, 6) is -0.0173. The first-order valence-electron chi connectivity index (χ1n) is 8.11. The van der Waals surface area contributed by atoms with Crippen LogP contribution in [0, 0.1) is 0 Å². The van der Waals surface area contributed by atoms with Crippen LogP contribution in [0.5, 0.6) is 5.75 Å². The fraction of sp³-hybridized carbons (Fsp3) is 0.471. The van der Waals surface area contributed by atoms with E-state index >= 15 is 0 Å². The topological polar surface area (TPSA) is 84.5 Å². The predicted octanol–water partition coefficient (Wildman–Crippen LogP) is 2.22. The summed E-state index contributed by atoms with van der Waals surface area (Å²) in [4.78, 5) is 12.1. The summed E-state index contributed by atoms with van der Waals surface area (Å²) >= 11 is 0. The van der Waals surface area contributed by atoms with Gasteiger partial charge in [0.15, 0.2) is 0 Å². The minimum absolute atomic E-state index is 0.0564. The maximum absolute atomic E-state index is 12.5. The van der Waals surface area contributed by atoms with Gasteiger partial charge in [0.1, 0.15) is 5.75 Å². The van der Waals surface area contributed by atoms with Gasteiger partial charge in [0.05, 0.1) is 17.6 Å². The maximum Gasteiger partial charge on any atom is 0.255 e. The van der Waals surface area contributed by atoms with Gasteiger partial charge in [-0.25, -0.2) is 13.1 Å². The second kappa shape index (κ2) is 8.30. The van der Waals surface area contributed by atoms with Crippen molar-refractivity contribution in [1.82, 2.24) is 10.0 Å². The molecule has 0 saturated heterocycles. The molecule has 132 valence electrons. The van der Waals surface area contributed by atoms with Crippen LogP contribution in [0.3, 0.4) is 0 Å². The average Bonchev–Trinajstić information content (AvgIpc) is 2.60. The zero-order valence-electron chi connectivity index (χ0n) is 14.1. The lowest BCUT2D eigenvalue weighted by Gasteiger charge is -2.15. The Morgan fingerprint density at radius 2 is 2.08 bits per heavy atom. The van der Waals surface area contributed by atoms with E-state index in [0.717, 1.165) is 31.3 Å². The molecule has 1 aliphatic rings. The van der Waals surface area contributed by atoms with Gasteiger partial charge in [0.2, 0.25) is 10.0 Å². The number of rotatable bonds is 7. The predicted molar refractivity (Wildman–Crippen MR) is 92.7 cm³/mol. The molecule has 0 saturated carbocycles. The molecule has 1 aromatic rings. The second-order valence-corrected chi connectivity index (χ2v) is 7.42. The lowest BCUT2D eigenvalue weighted by atomic mass is 10.0. The van der Waals surface area contributed by atoms with Crippen molar-refractivity contribution in [1.29, 1.82) is 0 Å². The third-order valence-electron chi connectivity index (χ3n) is 3.94. The average molecular weight is 352 g/mol. The van der Waals surface area contributed by atoms with Crippen molar-refractivity contribution in [3.8, 4) is 5.75 Å². The summed E-state index contributed by atoms with van der Waals surface area (Å²) in [6.07, 6.45) is 6.28. The van der Waals surface area contributed by atoms with Crippen molar-refractivity contribution in [3.05, 3.63) is 35.4 Å². The van der Waals surface area contributed by atoms with E-state index in [9.17, 15) is 13.2 Å². The molecule has 7 heteroatoms. The first-order valence-corrected chi connectivity index (χ1v) is 9.60. The fourth-order valence-electron chi connectivity index (χ4n) is 2.62. The van der Waals surface area contributed by atoms with Crippen LogP contribution in [0.2, 0.25) is 0 Å². The van der Waals surface area contributed by atoms with E-state index in [4.69, 9.17) is 4.74 Å². The SMILES string of the molecule is CCNC(=O)c1cc(S(=O)(=O)NCC2=CCCCC2)ccc1OC. The Hall–Kier alpha value is -1.86. The van der Waals surface area contributed by atoms with Crippen LogP contribution in [0.1, 0.15) is 43.0 Å². The molecule has 24 heavy (non-hydrogen) atoms. The number of ether oxygens (including phenoxy) is 1. The zero-order chi connectivity index (χ0) is 17.6. The highest BCUT2D eigenvalue weighted by Crippen LogP contribution is 2.23. The van der Waals surface area contributed by atoms with E-state index in [-0.39, 0.29) is 16.4 Å². The lowest BCUT2D eigenvalue weighted by Crippen LogP contribution is -2.27. The van der Waals surface area contributed by atoms with E-state index < -0.39 is 10.0 Å². The van der Waals surface area contributed by atoms with Crippen LogP contribution in [0.25, 0.3) is 0 Å². The summed E-state index contributed by atoms with van der Waals surface area (Å²) in [5.41, 5.74) is 1.32. The van der Waals surface area contributed by atoms with Gasteiger partial charge in [-0.1, -0.05) is 11.6 Å². The van der Waals surface area contributed by atoms with Crippen molar-refractivity contribution in [2.45, 2.75) is 37.5 Å². The summed E-state index contributed by atoms with van der Waals surface area (Å²) < 4.78 is 32.8. The van der Waals surface area contributed by atoms with Crippen LogP contribution in [0.15, 0.2) is 34.7 Å². The van der Waals surface area contributed by atoms with Gasteiger partial charge in [0.25, 0.3) is 5.91 Å². The van der Waals surface area contributed by atoms with Gasteiger partial charge < -0.3 is 10.1 Å². The van der Waals surface area contributed by atoms with E-state index in [1.807, 2.05) is 0 Å². The number of sulfonamides is 1. The van der Waals surface area contributed by atoms with Crippen LogP contribution >= 0.6 is 0 Å². The number of amides is 1. The smallest absolute Gasteiger partial charge is 0.255 e.